The molecule has 0 saturated carbocycles. The van der Waals surface area contributed by atoms with Crippen LogP contribution in [-0.2, 0) is 14.3 Å². The van der Waals surface area contributed by atoms with Crippen molar-refractivity contribution in [1.82, 2.24) is 0 Å². The van der Waals surface area contributed by atoms with E-state index in [4.69, 9.17) is 10.2 Å². The first-order chi connectivity index (χ1) is 5.40. The van der Waals surface area contributed by atoms with Crippen LogP contribution in [0.25, 0.3) is 0 Å². The summed E-state index contributed by atoms with van der Waals surface area (Å²) in [6.07, 6.45) is -0.431. The van der Waals surface area contributed by atoms with Crippen molar-refractivity contribution in [2.75, 3.05) is 12.9 Å². The van der Waals surface area contributed by atoms with Gasteiger partial charge in [0.2, 0.25) is 0 Å². The quantitative estimate of drug-likeness (QED) is 0.429. The summed E-state index contributed by atoms with van der Waals surface area (Å²) in [5.74, 6) is 0. The summed E-state index contributed by atoms with van der Waals surface area (Å²) in [7, 11) is -3.66. The maximum Gasteiger partial charge on any atom is 0.264 e. The minimum absolute atomic E-state index is 0.583. The third kappa shape index (κ3) is 4.45. The second-order valence-corrected chi connectivity index (χ2v) is 3.85. The molecule has 5 nitrogen and oxygen atoms in total. The minimum atomic E-state index is -3.66. The third-order valence-corrected chi connectivity index (χ3v) is 1.70. The Morgan fingerprint density at radius 1 is 1.67 bits per heavy atom. The SMILES string of the molecule is C=C[C@@H](O)[C@@H](CO)OS(C)(=O)=O. The number of hydrogen-bond donors (Lipinski definition) is 2. The molecule has 6 heteroatoms. The van der Waals surface area contributed by atoms with Crippen LogP contribution in [0.1, 0.15) is 0 Å². The number of aliphatic hydroxyl groups excluding tert-OH is 2. The van der Waals surface area contributed by atoms with Gasteiger partial charge in [-0.3, -0.25) is 4.18 Å². The van der Waals surface area contributed by atoms with Gasteiger partial charge in [-0.05, 0) is 0 Å². The van der Waals surface area contributed by atoms with E-state index in [-0.39, 0.29) is 0 Å². The molecule has 0 aromatic carbocycles. The fourth-order valence-electron chi connectivity index (χ4n) is 0.572. The zero-order valence-electron chi connectivity index (χ0n) is 6.67. The van der Waals surface area contributed by atoms with Crippen molar-refractivity contribution < 1.29 is 22.8 Å². The summed E-state index contributed by atoms with van der Waals surface area (Å²) >= 11 is 0. The molecule has 0 saturated heterocycles. The van der Waals surface area contributed by atoms with E-state index < -0.39 is 28.9 Å². The van der Waals surface area contributed by atoms with E-state index in [2.05, 4.69) is 10.8 Å². The van der Waals surface area contributed by atoms with Crippen molar-refractivity contribution in [3.05, 3.63) is 12.7 Å². The molecule has 12 heavy (non-hydrogen) atoms. The van der Waals surface area contributed by atoms with Crippen LogP contribution in [0.3, 0.4) is 0 Å². The molecule has 0 aliphatic rings. The summed E-state index contributed by atoms with van der Waals surface area (Å²) in [4.78, 5) is 0. The van der Waals surface area contributed by atoms with Gasteiger partial charge in [-0.1, -0.05) is 6.08 Å². The van der Waals surface area contributed by atoms with Crippen LogP contribution in [0, 0.1) is 0 Å². The van der Waals surface area contributed by atoms with Crippen molar-refractivity contribution in [3.8, 4) is 0 Å². The van der Waals surface area contributed by atoms with Crippen LogP contribution in [0.4, 0.5) is 0 Å². The van der Waals surface area contributed by atoms with Crippen molar-refractivity contribution >= 4 is 10.1 Å². The van der Waals surface area contributed by atoms with Gasteiger partial charge in [0.1, 0.15) is 12.2 Å². The molecule has 0 unspecified atom stereocenters. The lowest BCUT2D eigenvalue weighted by atomic mass is 10.2. The second kappa shape index (κ2) is 4.56. The molecule has 72 valence electrons. The van der Waals surface area contributed by atoms with Crippen LogP contribution in [0.5, 0.6) is 0 Å². The van der Waals surface area contributed by atoms with E-state index in [1.807, 2.05) is 0 Å². The second-order valence-electron chi connectivity index (χ2n) is 2.25. The van der Waals surface area contributed by atoms with Crippen LogP contribution >= 0.6 is 0 Å². The molecule has 0 spiro atoms. The van der Waals surface area contributed by atoms with Gasteiger partial charge >= 0.3 is 0 Å². The fraction of sp³-hybridized carbons (Fsp3) is 0.667. The van der Waals surface area contributed by atoms with Gasteiger partial charge in [-0.15, -0.1) is 6.58 Å². The number of rotatable bonds is 5. The normalized spacial score (nSPS) is 16.9. The fourth-order valence-corrected chi connectivity index (χ4v) is 1.20. The molecule has 2 atom stereocenters. The molecule has 0 aromatic rings. The van der Waals surface area contributed by atoms with Crippen LogP contribution in [0.15, 0.2) is 12.7 Å². The summed E-state index contributed by atoms with van der Waals surface area (Å²) in [5.41, 5.74) is 0. The lowest BCUT2D eigenvalue weighted by molar-refractivity contribution is 0.0311. The number of hydrogen-bond acceptors (Lipinski definition) is 5. The Hall–Kier alpha value is -0.430. The van der Waals surface area contributed by atoms with Gasteiger partial charge in [0.15, 0.2) is 0 Å². The maximum atomic E-state index is 10.5. The molecule has 0 rings (SSSR count). The molecule has 0 heterocycles. The Bertz CT molecular complexity index is 232. The average molecular weight is 196 g/mol. The van der Waals surface area contributed by atoms with E-state index in [1.54, 1.807) is 0 Å². The molecule has 2 N–H and O–H groups in total. The summed E-state index contributed by atoms with van der Waals surface area (Å²) < 4.78 is 25.4. The first-order valence-electron chi connectivity index (χ1n) is 3.20. The van der Waals surface area contributed by atoms with Gasteiger partial charge in [0.05, 0.1) is 12.9 Å². The molecule has 0 bridgehead atoms. The average Bonchev–Trinajstić information content (AvgIpc) is 1.97. The summed E-state index contributed by atoms with van der Waals surface area (Å²) in [6, 6.07) is 0. The zero-order valence-corrected chi connectivity index (χ0v) is 7.49. The number of aliphatic hydroxyl groups is 2. The predicted molar refractivity (Wildman–Crippen MR) is 43.0 cm³/mol. The molecule has 0 aliphatic carbocycles. The first-order valence-corrected chi connectivity index (χ1v) is 5.02. The summed E-state index contributed by atoms with van der Waals surface area (Å²) in [5, 5.41) is 17.6. The highest BCUT2D eigenvalue weighted by molar-refractivity contribution is 7.86. The van der Waals surface area contributed by atoms with E-state index in [9.17, 15) is 8.42 Å². The topological polar surface area (TPSA) is 83.8 Å². The predicted octanol–water partition coefficient (Wildman–Crippen LogP) is -1.13. The van der Waals surface area contributed by atoms with Gasteiger partial charge in [-0.2, -0.15) is 8.42 Å². The highest BCUT2D eigenvalue weighted by Crippen LogP contribution is 2.03. The van der Waals surface area contributed by atoms with E-state index in [0.717, 1.165) is 12.3 Å². The smallest absolute Gasteiger partial charge is 0.264 e. The first kappa shape index (κ1) is 11.6. The highest BCUT2D eigenvalue weighted by Gasteiger charge is 2.20. The molecular formula is C6H12O5S. The Balaban J connectivity index is 4.28. The van der Waals surface area contributed by atoms with Crippen molar-refractivity contribution in [2.24, 2.45) is 0 Å². The monoisotopic (exact) mass is 196 g/mol. The largest absolute Gasteiger partial charge is 0.394 e. The van der Waals surface area contributed by atoms with Gasteiger partial charge < -0.3 is 10.2 Å². The van der Waals surface area contributed by atoms with E-state index in [1.165, 1.54) is 0 Å². The summed E-state index contributed by atoms with van der Waals surface area (Å²) in [6.45, 7) is 2.64. The van der Waals surface area contributed by atoms with Crippen molar-refractivity contribution in [3.63, 3.8) is 0 Å². The lowest BCUT2D eigenvalue weighted by Gasteiger charge is -2.16. The molecule has 0 fully saturated rings. The highest BCUT2D eigenvalue weighted by atomic mass is 32.2. The van der Waals surface area contributed by atoms with E-state index >= 15 is 0 Å². The Morgan fingerprint density at radius 2 is 2.17 bits per heavy atom. The zero-order chi connectivity index (χ0) is 9.78. The molecular weight excluding hydrogens is 184 g/mol. The Morgan fingerprint density at radius 3 is 2.42 bits per heavy atom. The van der Waals surface area contributed by atoms with Gasteiger partial charge in [-0.25, -0.2) is 0 Å². The van der Waals surface area contributed by atoms with E-state index in [0.29, 0.717) is 0 Å². The van der Waals surface area contributed by atoms with Crippen LogP contribution < -0.4 is 0 Å². The minimum Gasteiger partial charge on any atom is -0.394 e. The molecule has 0 radical (unpaired) electrons. The van der Waals surface area contributed by atoms with Crippen molar-refractivity contribution in [2.45, 2.75) is 12.2 Å². The Labute approximate surface area is 71.4 Å². The lowest BCUT2D eigenvalue weighted by Crippen LogP contribution is -2.32. The molecule has 0 aromatic heterocycles. The van der Waals surface area contributed by atoms with Gasteiger partial charge in [0, 0.05) is 0 Å². The van der Waals surface area contributed by atoms with Crippen LogP contribution in [-0.4, -0.2) is 43.7 Å². The Kier molecular flexibility index (Phi) is 4.40. The molecule has 0 aliphatic heterocycles. The molecule has 0 amide bonds. The van der Waals surface area contributed by atoms with Gasteiger partial charge in [0.25, 0.3) is 10.1 Å². The standard InChI is InChI=1S/C6H12O5S/c1-3-5(8)6(4-7)11-12(2,9)10/h3,5-8H,1,4H2,2H3/t5-,6-/m1/s1. The van der Waals surface area contributed by atoms with Crippen molar-refractivity contribution in [1.29, 1.82) is 0 Å². The third-order valence-electron chi connectivity index (χ3n) is 1.10. The van der Waals surface area contributed by atoms with Crippen LogP contribution in [0.2, 0.25) is 0 Å². The maximum absolute atomic E-state index is 10.5.